The van der Waals surface area contributed by atoms with Crippen molar-refractivity contribution in [1.82, 2.24) is 24.5 Å². The Kier molecular flexibility index (Phi) is 4.80. The second kappa shape index (κ2) is 7.76. The van der Waals surface area contributed by atoms with Gasteiger partial charge in [0, 0.05) is 47.6 Å². The first-order chi connectivity index (χ1) is 16.5. The number of hydrogen-bond acceptors (Lipinski definition) is 6. The molecule has 10 heteroatoms. The van der Waals surface area contributed by atoms with Gasteiger partial charge in [-0.15, -0.1) is 11.8 Å². The lowest BCUT2D eigenvalue weighted by Gasteiger charge is -2.23. The zero-order valence-electron chi connectivity index (χ0n) is 18.3. The number of nitrogens with zero attached hydrogens (tertiary/aromatic N) is 5. The van der Waals surface area contributed by atoms with Gasteiger partial charge in [0.2, 0.25) is 0 Å². The second-order valence-corrected chi connectivity index (χ2v) is 9.11. The number of pyridine rings is 1. The summed E-state index contributed by atoms with van der Waals surface area (Å²) in [5, 5.41) is 5.65. The molecule has 34 heavy (non-hydrogen) atoms. The number of halogens is 2. The number of benzene rings is 1. The number of fused-ring (bicyclic) bond motifs is 9. The fourth-order valence-corrected chi connectivity index (χ4v) is 5.40. The maximum Gasteiger partial charge on any atom is 0.387 e. The molecule has 2 bridgehead atoms. The molecule has 1 aromatic carbocycles. The first-order valence-corrected chi connectivity index (χ1v) is 11.9. The molecule has 0 saturated carbocycles. The van der Waals surface area contributed by atoms with E-state index in [-0.39, 0.29) is 23.6 Å². The maximum atomic E-state index is 13.2. The lowest BCUT2D eigenvalue weighted by Crippen LogP contribution is -2.30. The number of alkyl halides is 2. The van der Waals surface area contributed by atoms with Crippen LogP contribution < -0.4 is 4.74 Å². The van der Waals surface area contributed by atoms with Crippen LogP contribution in [-0.2, 0) is 0 Å². The summed E-state index contributed by atoms with van der Waals surface area (Å²) < 4.78 is 33.0. The van der Waals surface area contributed by atoms with E-state index in [0.717, 1.165) is 27.5 Å². The number of carbonyl (C=O) groups is 1. The van der Waals surface area contributed by atoms with Crippen molar-refractivity contribution < 1.29 is 18.3 Å². The third-order valence-corrected chi connectivity index (χ3v) is 7.22. The molecule has 0 spiro atoms. The third-order valence-electron chi connectivity index (χ3n) is 6.56. The summed E-state index contributed by atoms with van der Waals surface area (Å²) >= 11 is 1.56. The smallest absolute Gasteiger partial charge is 0.387 e. The summed E-state index contributed by atoms with van der Waals surface area (Å²) in [7, 11) is 1.72. The molecule has 0 fully saturated rings. The van der Waals surface area contributed by atoms with Crippen molar-refractivity contribution >= 4 is 23.3 Å². The Morgan fingerprint density at radius 2 is 2.03 bits per heavy atom. The monoisotopic (exact) mass is 479 g/mol. The molecule has 0 saturated heterocycles. The predicted octanol–water partition coefficient (Wildman–Crippen LogP) is 4.78. The van der Waals surface area contributed by atoms with E-state index in [1.54, 1.807) is 46.6 Å². The van der Waals surface area contributed by atoms with Crippen molar-refractivity contribution in [3.63, 3.8) is 0 Å². The van der Waals surface area contributed by atoms with Crippen LogP contribution in [0, 0.1) is 0 Å². The Bertz CT molecular complexity index is 1440. The topological polar surface area (TPSA) is 72.6 Å². The standard InChI is InChI=1S/C24H19F2N5O2S/c1-30-16-10-14(19-13(23(30)32)4-3-5-17(19)33-24(25)26)20-21(16)29-31-9-8-15(28-22(20)31)12-6-7-18(34-2)27-11-12/h3-9,11,14,16,24H,10H2,1-2H3. The minimum absolute atomic E-state index is 0.0140. The van der Waals surface area contributed by atoms with Gasteiger partial charge in [-0.3, -0.25) is 4.79 Å². The summed E-state index contributed by atoms with van der Waals surface area (Å²) in [5.41, 5.74) is 4.64. The molecule has 172 valence electrons. The SMILES string of the molecule is CSc1ccc(-c2ccn3nc4c(c3n2)C2CC4N(C)C(=O)c3cccc(OC(F)F)c32)cn1. The number of hydrogen-bond donors (Lipinski definition) is 0. The molecule has 2 unspecified atom stereocenters. The van der Waals surface area contributed by atoms with Gasteiger partial charge in [0.1, 0.15) is 5.75 Å². The van der Waals surface area contributed by atoms with Gasteiger partial charge in [-0.1, -0.05) is 6.07 Å². The van der Waals surface area contributed by atoms with E-state index in [4.69, 9.17) is 14.8 Å². The van der Waals surface area contributed by atoms with Crippen LogP contribution in [0.1, 0.15) is 45.6 Å². The number of amides is 1. The molecule has 6 rings (SSSR count). The number of aromatic nitrogens is 4. The zero-order valence-corrected chi connectivity index (χ0v) is 19.1. The molecular formula is C24H19F2N5O2S. The van der Waals surface area contributed by atoms with E-state index in [2.05, 4.69) is 4.98 Å². The minimum atomic E-state index is -3.00. The summed E-state index contributed by atoms with van der Waals surface area (Å²) in [6.45, 7) is -3.00. The summed E-state index contributed by atoms with van der Waals surface area (Å²) in [6.07, 6.45) is 6.10. The molecule has 0 N–H and O–H groups in total. The van der Waals surface area contributed by atoms with E-state index in [1.807, 2.05) is 30.7 Å². The molecule has 3 aromatic heterocycles. The van der Waals surface area contributed by atoms with Crippen molar-refractivity contribution in [3.05, 3.63) is 71.2 Å². The van der Waals surface area contributed by atoms with E-state index >= 15 is 0 Å². The van der Waals surface area contributed by atoms with E-state index in [9.17, 15) is 13.6 Å². The Labute approximate surface area is 197 Å². The quantitative estimate of drug-likeness (QED) is 0.393. The highest BCUT2D eigenvalue weighted by Crippen LogP contribution is 2.53. The van der Waals surface area contributed by atoms with Crippen LogP contribution in [0.15, 0.2) is 53.8 Å². The molecule has 1 amide bonds. The molecular weight excluding hydrogens is 460 g/mol. The second-order valence-electron chi connectivity index (χ2n) is 8.29. The lowest BCUT2D eigenvalue weighted by atomic mass is 9.89. The van der Waals surface area contributed by atoms with E-state index < -0.39 is 6.61 Å². The van der Waals surface area contributed by atoms with Gasteiger partial charge < -0.3 is 9.64 Å². The number of rotatable bonds is 4. The summed E-state index contributed by atoms with van der Waals surface area (Å²) in [4.78, 5) is 24.2. The Morgan fingerprint density at radius 1 is 1.18 bits per heavy atom. The predicted molar refractivity (Wildman–Crippen MR) is 122 cm³/mol. The molecule has 1 aliphatic heterocycles. The van der Waals surface area contributed by atoms with Gasteiger partial charge in [-0.2, -0.15) is 13.9 Å². The van der Waals surface area contributed by atoms with Crippen molar-refractivity contribution in [2.75, 3.05) is 13.3 Å². The normalized spacial score (nSPS) is 18.9. The van der Waals surface area contributed by atoms with Gasteiger partial charge in [-0.25, -0.2) is 14.5 Å². The van der Waals surface area contributed by atoms with Crippen LogP contribution in [0.4, 0.5) is 8.78 Å². The van der Waals surface area contributed by atoms with Crippen molar-refractivity contribution in [1.29, 1.82) is 0 Å². The average Bonchev–Trinajstić information content (AvgIpc) is 3.36. The number of carbonyl (C=O) groups excluding carboxylic acids is 1. The lowest BCUT2D eigenvalue weighted by molar-refractivity contribution is -0.0505. The maximum absolute atomic E-state index is 13.2. The number of thioether (sulfide) groups is 1. The fraction of sp³-hybridized carbons (Fsp3) is 0.250. The molecule has 0 radical (unpaired) electrons. The van der Waals surface area contributed by atoms with Gasteiger partial charge in [-0.05, 0) is 43.0 Å². The van der Waals surface area contributed by atoms with Gasteiger partial charge in [0.15, 0.2) is 5.65 Å². The van der Waals surface area contributed by atoms with Crippen LogP contribution in [0.3, 0.4) is 0 Å². The number of ether oxygens (including phenoxy) is 1. The van der Waals surface area contributed by atoms with Gasteiger partial charge >= 0.3 is 6.61 Å². The van der Waals surface area contributed by atoms with Crippen LogP contribution in [0.25, 0.3) is 16.9 Å². The highest BCUT2D eigenvalue weighted by Gasteiger charge is 2.46. The largest absolute Gasteiger partial charge is 0.434 e. The van der Waals surface area contributed by atoms with Crippen LogP contribution in [0.2, 0.25) is 0 Å². The molecule has 2 aliphatic rings. The molecule has 4 heterocycles. The highest BCUT2D eigenvalue weighted by molar-refractivity contribution is 7.98. The Balaban J connectivity index is 1.56. The summed E-state index contributed by atoms with van der Waals surface area (Å²) in [6, 6.07) is 10.2. The zero-order chi connectivity index (χ0) is 23.6. The van der Waals surface area contributed by atoms with Crippen molar-refractivity contribution in [2.45, 2.75) is 30.0 Å². The van der Waals surface area contributed by atoms with Crippen molar-refractivity contribution in [3.8, 4) is 17.0 Å². The van der Waals surface area contributed by atoms with Gasteiger partial charge in [0.25, 0.3) is 5.91 Å². The third kappa shape index (κ3) is 3.08. The Morgan fingerprint density at radius 3 is 2.76 bits per heavy atom. The van der Waals surface area contributed by atoms with Crippen molar-refractivity contribution in [2.24, 2.45) is 0 Å². The molecule has 1 aliphatic carbocycles. The average molecular weight is 480 g/mol. The molecule has 7 nitrogen and oxygen atoms in total. The minimum Gasteiger partial charge on any atom is -0.434 e. The van der Waals surface area contributed by atoms with E-state index in [1.165, 1.54) is 6.07 Å². The van der Waals surface area contributed by atoms with Crippen LogP contribution in [-0.4, -0.2) is 50.3 Å². The van der Waals surface area contributed by atoms with Crippen LogP contribution in [0.5, 0.6) is 5.75 Å². The van der Waals surface area contributed by atoms with Gasteiger partial charge in [0.05, 0.1) is 22.5 Å². The Hall–Kier alpha value is -3.53. The molecule has 4 aromatic rings. The highest BCUT2D eigenvalue weighted by atomic mass is 32.2. The first-order valence-electron chi connectivity index (χ1n) is 10.7. The molecule has 2 atom stereocenters. The van der Waals surface area contributed by atoms with Crippen LogP contribution >= 0.6 is 11.8 Å². The first kappa shape index (κ1) is 21.0. The fourth-order valence-electron chi connectivity index (χ4n) is 5.03. The van der Waals surface area contributed by atoms with E-state index in [0.29, 0.717) is 23.2 Å². The summed E-state index contributed by atoms with van der Waals surface area (Å²) in [5.74, 6) is -0.574.